The largest absolute Gasteiger partial charge is 0.368 e. The third kappa shape index (κ3) is 6.62. The molecule has 1 saturated carbocycles. The fraction of sp³-hybridized carbons (Fsp3) is 0.407. The van der Waals surface area contributed by atoms with Crippen molar-refractivity contribution >= 4 is 40.3 Å². The zero-order valence-electron chi connectivity index (χ0n) is 19.8. The van der Waals surface area contributed by atoms with Gasteiger partial charge < -0.3 is 25.8 Å². The molecule has 0 spiro atoms. The molecule has 1 saturated heterocycles. The SMILES string of the molecule is C=C(CNC1CCCCC1)Nc1ccc(N2CCN(C(=C)Nc3c(Cl)cccc3Cl)CC2)cc1. The van der Waals surface area contributed by atoms with Gasteiger partial charge in [-0.25, -0.2) is 0 Å². The Morgan fingerprint density at radius 1 is 0.853 bits per heavy atom. The predicted octanol–water partition coefficient (Wildman–Crippen LogP) is 6.55. The number of para-hydroxylation sites is 1. The van der Waals surface area contributed by atoms with Crippen LogP contribution in [0.5, 0.6) is 0 Å². The predicted molar refractivity (Wildman–Crippen MR) is 147 cm³/mol. The Kier molecular flexibility index (Phi) is 8.65. The molecule has 1 aliphatic heterocycles. The number of nitrogens with one attached hydrogen (secondary N) is 3. The number of anilines is 3. The molecule has 0 radical (unpaired) electrons. The summed E-state index contributed by atoms with van der Waals surface area (Å²) in [5.41, 5.74) is 4.02. The molecular formula is C27H35Cl2N5. The van der Waals surface area contributed by atoms with Gasteiger partial charge in [-0.1, -0.05) is 61.7 Å². The van der Waals surface area contributed by atoms with Crippen LogP contribution in [0, 0.1) is 0 Å². The first-order valence-electron chi connectivity index (χ1n) is 12.2. The van der Waals surface area contributed by atoms with Crippen LogP contribution >= 0.6 is 23.2 Å². The highest BCUT2D eigenvalue weighted by atomic mass is 35.5. The lowest BCUT2D eigenvalue weighted by molar-refractivity contribution is 0.326. The fourth-order valence-electron chi connectivity index (χ4n) is 4.65. The van der Waals surface area contributed by atoms with E-state index in [0.29, 0.717) is 21.8 Å². The van der Waals surface area contributed by atoms with Gasteiger partial charge in [0.15, 0.2) is 0 Å². The number of benzene rings is 2. The Morgan fingerprint density at radius 2 is 1.50 bits per heavy atom. The van der Waals surface area contributed by atoms with E-state index in [0.717, 1.165) is 49.9 Å². The number of halogens is 2. The molecular weight excluding hydrogens is 465 g/mol. The Morgan fingerprint density at radius 3 is 2.15 bits per heavy atom. The summed E-state index contributed by atoms with van der Waals surface area (Å²) in [6.45, 7) is 12.8. The van der Waals surface area contributed by atoms with E-state index in [1.165, 1.54) is 37.8 Å². The van der Waals surface area contributed by atoms with Crippen LogP contribution < -0.4 is 20.9 Å². The Bertz CT molecular complexity index is 957. The van der Waals surface area contributed by atoms with Crippen LogP contribution in [0.4, 0.5) is 17.1 Å². The second-order valence-electron chi connectivity index (χ2n) is 9.13. The van der Waals surface area contributed by atoms with Gasteiger partial charge >= 0.3 is 0 Å². The summed E-state index contributed by atoms with van der Waals surface area (Å²) in [7, 11) is 0. The normalized spacial score (nSPS) is 16.9. The molecule has 0 amide bonds. The molecule has 1 heterocycles. The van der Waals surface area contributed by atoms with Gasteiger partial charge in [-0.3, -0.25) is 0 Å². The van der Waals surface area contributed by atoms with Crippen molar-refractivity contribution in [3.63, 3.8) is 0 Å². The molecule has 2 aromatic rings. The number of hydrogen-bond donors (Lipinski definition) is 3. The fourth-order valence-corrected chi connectivity index (χ4v) is 5.15. The van der Waals surface area contributed by atoms with Crippen molar-refractivity contribution in [1.29, 1.82) is 0 Å². The van der Waals surface area contributed by atoms with Crippen molar-refractivity contribution in [2.75, 3.05) is 48.3 Å². The van der Waals surface area contributed by atoms with Crippen LogP contribution in [-0.2, 0) is 0 Å². The zero-order valence-corrected chi connectivity index (χ0v) is 21.3. The molecule has 0 atom stereocenters. The molecule has 4 rings (SSSR count). The summed E-state index contributed by atoms with van der Waals surface area (Å²) in [6.07, 6.45) is 6.63. The highest BCUT2D eigenvalue weighted by Gasteiger charge is 2.19. The van der Waals surface area contributed by atoms with Crippen molar-refractivity contribution in [3.8, 4) is 0 Å². The van der Waals surface area contributed by atoms with Gasteiger partial charge in [0.05, 0.1) is 21.6 Å². The highest BCUT2D eigenvalue weighted by Crippen LogP contribution is 2.31. The van der Waals surface area contributed by atoms with Crippen molar-refractivity contribution in [3.05, 3.63) is 77.2 Å². The van der Waals surface area contributed by atoms with E-state index in [2.05, 4.69) is 63.2 Å². The van der Waals surface area contributed by atoms with E-state index >= 15 is 0 Å². The van der Waals surface area contributed by atoms with Crippen LogP contribution in [0.1, 0.15) is 32.1 Å². The first-order chi connectivity index (χ1) is 16.5. The molecule has 1 aliphatic carbocycles. The smallest absolute Gasteiger partial charge is 0.0985 e. The van der Waals surface area contributed by atoms with Gasteiger partial charge in [-0.15, -0.1) is 0 Å². The average Bonchev–Trinajstić information content (AvgIpc) is 2.86. The minimum Gasteiger partial charge on any atom is -0.368 e. The molecule has 7 heteroatoms. The van der Waals surface area contributed by atoms with Gasteiger partial charge in [0.25, 0.3) is 0 Å². The van der Waals surface area contributed by atoms with Gasteiger partial charge in [0, 0.05) is 55.8 Å². The second-order valence-corrected chi connectivity index (χ2v) is 9.95. The molecule has 182 valence electrons. The van der Waals surface area contributed by atoms with E-state index in [9.17, 15) is 0 Å². The molecule has 5 nitrogen and oxygen atoms in total. The minimum absolute atomic E-state index is 0.591. The standard InChI is InChI=1S/C27H35Cl2N5/c1-20(19-30-22-7-4-3-5-8-22)31-23-11-13-24(14-12-23)34-17-15-33(16-18-34)21(2)32-27-25(28)9-6-10-26(27)29/h6,9-14,22,30-32H,1-5,7-8,15-19H2. The van der Waals surface area contributed by atoms with Gasteiger partial charge in [-0.05, 0) is 49.2 Å². The molecule has 0 unspecified atom stereocenters. The third-order valence-corrected chi connectivity index (χ3v) is 7.29. The maximum absolute atomic E-state index is 6.28. The van der Waals surface area contributed by atoms with Crippen molar-refractivity contribution < 1.29 is 0 Å². The van der Waals surface area contributed by atoms with E-state index in [4.69, 9.17) is 23.2 Å². The molecule has 3 N–H and O–H groups in total. The maximum atomic E-state index is 6.28. The van der Waals surface area contributed by atoms with E-state index in [-0.39, 0.29) is 0 Å². The van der Waals surface area contributed by atoms with Gasteiger partial charge in [0.2, 0.25) is 0 Å². The summed E-state index contributed by atoms with van der Waals surface area (Å²) in [4.78, 5) is 4.63. The van der Waals surface area contributed by atoms with Gasteiger partial charge in [-0.2, -0.15) is 0 Å². The van der Waals surface area contributed by atoms with E-state index in [1.807, 2.05) is 18.2 Å². The minimum atomic E-state index is 0.591. The van der Waals surface area contributed by atoms with Gasteiger partial charge in [0.1, 0.15) is 0 Å². The van der Waals surface area contributed by atoms with Crippen molar-refractivity contribution in [1.82, 2.24) is 10.2 Å². The molecule has 2 aromatic carbocycles. The van der Waals surface area contributed by atoms with Crippen LogP contribution in [0.2, 0.25) is 10.0 Å². The Hall–Kier alpha value is -2.34. The van der Waals surface area contributed by atoms with Crippen LogP contribution in [0.15, 0.2) is 67.1 Å². The van der Waals surface area contributed by atoms with Crippen molar-refractivity contribution in [2.24, 2.45) is 0 Å². The number of piperazine rings is 1. The molecule has 2 aliphatic rings. The quantitative estimate of drug-likeness (QED) is 0.365. The second kappa shape index (κ2) is 11.9. The van der Waals surface area contributed by atoms with Crippen LogP contribution in [0.3, 0.4) is 0 Å². The Balaban J connectivity index is 1.22. The lowest BCUT2D eigenvalue weighted by atomic mass is 9.95. The summed E-state index contributed by atoms with van der Waals surface area (Å²) >= 11 is 12.6. The molecule has 0 bridgehead atoms. The first-order valence-corrected chi connectivity index (χ1v) is 12.9. The topological polar surface area (TPSA) is 42.6 Å². The molecule has 2 fully saturated rings. The van der Waals surface area contributed by atoms with Crippen LogP contribution in [-0.4, -0.2) is 43.7 Å². The number of hydrogen-bond acceptors (Lipinski definition) is 5. The maximum Gasteiger partial charge on any atom is 0.0985 e. The monoisotopic (exact) mass is 499 g/mol. The van der Waals surface area contributed by atoms with Crippen LogP contribution in [0.25, 0.3) is 0 Å². The van der Waals surface area contributed by atoms with E-state index < -0.39 is 0 Å². The average molecular weight is 501 g/mol. The van der Waals surface area contributed by atoms with E-state index in [1.54, 1.807) is 0 Å². The number of nitrogens with zero attached hydrogens (tertiary/aromatic N) is 2. The third-order valence-electron chi connectivity index (χ3n) is 6.66. The summed E-state index contributed by atoms with van der Waals surface area (Å²) in [5, 5.41) is 11.5. The number of rotatable bonds is 9. The summed E-state index contributed by atoms with van der Waals surface area (Å²) < 4.78 is 0. The highest BCUT2D eigenvalue weighted by molar-refractivity contribution is 6.39. The summed E-state index contributed by atoms with van der Waals surface area (Å²) in [5.74, 6) is 0.814. The summed E-state index contributed by atoms with van der Waals surface area (Å²) in [6, 6.07) is 14.7. The van der Waals surface area contributed by atoms with Crippen molar-refractivity contribution in [2.45, 2.75) is 38.1 Å². The molecule has 34 heavy (non-hydrogen) atoms. The molecule has 0 aromatic heterocycles. The lowest BCUT2D eigenvalue weighted by Crippen LogP contribution is -2.46. The zero-order chi connectivity index (χ0) is 23.9. The Labute approximate surface area is 213 Å². The lowest BCUT2D eigenvalue weighted by Gasteiger charge is -2.38. The first kappa shape index (κ1) is 24.8.